The lowest BCUT2D eigenvalue weighted by Gasteiger charge is -2.13. The summed E-state index contributed by atoms with van der Waals surface area (Å²) in [6.45, 7) is 7.39. The van der Waals surface area contributed by atoms with Gasteiger partial charge >= 0.3 is 6.18 Å². The van der Waals surface area contributed by atoms with Gasteiger partial charge < -0.3 is 9.73 Å². The van der Waals surface area contributed by atoms with Gasteiger partial charge in [0.25, 0.3) is 5.95 Å². The zero-order chi connectivity index (χ0) is 20.5. The van der Waals surface area contributed by atoms with Gasteiger partial charge in [-0.1, -0.05) is 26.0 Å². The van der Waals surface area contributed by atoms with Crippen molar-refractivity contribution in [1.29, 1.82) is 0 Å². The molecule has 2 aromatic heterocycles. The number of anilines is 1. The third kappa shape index (κ3) is 4.65. The maximum absolute atomic E-state index is 13.1. The van der Waals surface area contributed by atoms with E-state index in [4.69, 9.17) is 4.42 Å². The van der Waals surface area contributed by atoms with Gasteiger partial charge in [-0.25, -0.2) is 4.99 Å². The molecule has 1 unspecified atom stereocenters. The van der Waals surface area contributed by atoms with Crippen molar-refractivity contribution < 1.29 is 17.6 Å². The number of hydrogen-bond acceptors (Lipinski definition) is 6. The molecule has 0 saturated heterocycles. The van der Waals surface area contributed by atoms with Crippen molar-refractivity contribution >= 4 is 29.1 Å². The Morgan fingerprint density at radius 2 is 1.86 bits per heavy atom. The Hall–Kier alpha value is -2.97. The zero-order valence-electron chi connectivity index (χ0n) is 15.9. The average Bonchev–Trinajstić information content (AvgIpc) is 3.02. The molecule has 0 aliphatic rings. The molecule has 0 amide bonds. The Morgan fingerprint density at radius 3 is 2.54 bits per heavy atom. The third-order valence-corrected chi connectivity index (χ3v) is 3.83. The van der Waals surface area contributed by atoms with Crippen LogP contribution < -0.4 is 5.32 Å². The van der Waals surface area contributed by atoms with E-state index in [1.165, 1.54) is 6.21 Å². The number of fused-ring (bicyclic) bond motifs is 1. The minimum Gasteiger partial charge on any atom is -0.459 e. The Morgan fingerprint density at radius 1 is 1.11 bits per heavy atom. The Balaban J connectivity index is 1.91. The molecule has 6 nitrogen and oxygen atoms in total. The van der Waals surface area contributed by atoms with Gasteiger partial charge in [0.1, 0.15) is 11.3 Å². The normalized spacial score (nSPS) is 13.6. The molecule has 0 bridgehead atoms. The van der Waals surface area contributed by atoms with Crippen molar-refractivity contribution in [3.8, 4) is 0 Å². The molecule has 3 aromatic rings. The van der Waals surface area contributed by atoms with Crippen LogP contribution in [-0.4, -0.2) is 21.2 Å². The number of aromatic nitrogens is 3. The predicted molar refractivity (Wildman–Crippen MR) is 101 cm³/mol. The second-order valence-corrected chi connectivity index (χ2v) is 6.86. The summed E-state index contributed by atoms with van der Waals surface area (Å²) < 4.78 is 45.2. The zero-order valence-corrected chi connectivity index (χ0v) is 15.9. The van der Waals surface area contributed by atoms with E-state index in [0.29, 0.717) is 11.3 Å². The highest BCUT2D eigenvalue weighted by Crippen LogP contribution is 2.30. The maximum atomic E-state index is 13.1. The van der Waals surface area contributed by atoms with Crippen LogP contribution in [0, 0.1) is 12.8 Å². The second-order valence-electron chi connectivity index (χ2n) is 6.86. The summed E-state index contributed by atoms with van der Waals surface area (Å²) >= 11 is 0. The third-order valence-electron chi connectivity index (χ3n) is 3.83. The van der Waals surface area contributed by atoms with Crippen LogP contribution in [0.4, 0.5) is 25.1 Å². The largest absolute Gasteiger partial charge is 0.459 e. The van der Waals surface area contributed by atoms with Crippen molar-refractivity contribution in [1.82, 2.24) is 15.0 Å². The number of nitrogens with zero attached hydrogens (tertiary/aromatic N) is 4. The number of alkyl halides is 3. The Bertz CT molecular complexity index is 1010. The molecular formula is C19H20F3N5O. The van der Waals surface area contributed by atoms with Crippen LogP contribution >= 0.6 is 0 Å². The monoisotopic (exact) mass is 391 g/mol. The quantitative estimate of drug-likeness (QED) is 0.583. The van der Waals surface area contributed by atoms with Crippen LogP contribution in [0.1, 0.15) is 44.0 Å². The van der Waals surface area contributed by atoms with Gasteiger partial charge in [-0.15, -0.1) is 0 Å². The van der Waals surface area contributed by atoms with Crippen LogP contribution in [0.2, 0.25) is 0 Å². The van der Waals surface area contributed by atoms with Gasteiger partial charge in [-0.2, -0.15) is 28.1 Å². The molecule has 0 fully saturated rings. The molecule has 0 aliphatic carbocycles. The van der Waals surface area contributed by atoms with E-state index >= 15 is 0 Å². The van der Waals surface area contributed by atoms with Crippen LogP contribution in [0.15, 0.2) is 33.7 Å². The average molecular weight is 391 g/mol. The molecule has 0 saturated carbocycles. The summed E-state index contributed by atoms with van der Waals surface area (Å²) in [5, 5.41) is 3.75. The van der Waals surface area contributed by atoms with E-state index in [1.54, 1.807) is 6.92 Å². The molecule has 1 aromatic carbocycles. The summed E-state index contributed by atoms with van der Waals surface area (Å²) in [6.07, 6.45) is -3.23. The van der Waals surface area contributed by atoms with E-state index in [9.17, 15) is 13.2 Å². The lowest BCUT2D eigenvalue weighted by Crippen LogP contribution is -2.16. The first-order valence-corrected chi connectivity index (χ1v) is 8.76. The van der Waals surface area contributed by atoms with Crippen molar-refractivity contribution in [2.45, 2.75) is 39.9 Å². The first kappa shape index (κ1) is 19.8. The molecule has 0 radical (unpaired) electrons. The molecule has 0 spiro atoms. The number of benzene rings is 1. The molecule has 0 aliphatic heterocycles. The van der Waals surface area contributed by atoms with E-state index < -0.39 is 18.0 Å². The van der Waals surface area contributed by atoms with E-state index in [-0.39, 0.29) is 17.8 Å². The highest BCUT2D eigenvalue weighted by atomic mass is 19.4. The van der Waals surface area contributed by atoms with E-state index in [1.807, 2.05) is 45.0 Å². The topological polar surface area (TPSA) is 76.2 Å². The van der Waals surface area contributed by atoms with Gasteiger partial charge in [0, 0.05) is 11.6 Å². The van der Waals surface area contributed by atoms with Gasteiger partial charge in [0.05, 0.1) is 6.04 Å². The smallest absolute Gasteiger partial charge is 0.451 e. The molecule has 2 heterocycles. The summed E-state index contributed by atoms with van der Waals surface area (Å²) in [6, 6.07) is 7.15. The fourth-order valence-corrected chi connectivity index (χ4v) is 2.47. The van der Waals surface area contributed by atoms with E-state index in [0.717, 1.165) is 10.9 Å². The molecular weight excluding hydrogens is 371 g/mol. The summed E-state index contributed by atoms with van der Waals surface area (Å²) in [5.74, 6) is -1.22. The van der Waals surface area contributed by atoms with Gasteiger partial charge in [0.15, 0.2) is 0 Å². The van der Waals surface area contributed by atoms with Crippen molar-refractivity contribution in [3.63, 3.8) is 0 Å². The standard InChI is InChI=1S/C19H20F3N5O/c1-10(2)9-23-17-25-16(19(20,21)22)26-18(27-17)24-12(4)14-8-13-6-5-11(3)7-15(13)28-14/h5-10,12H,1-4H3,(H,24,25,26,27). The first-order valence-electron chi connectivity index (χ1n) is 8.76. The minimum absolute atomic E-state index is 0.0421. The highest BCUT2D eigenvalue weighted by Gasteiger charge is 2.36. The number of hydrogen-bond donors (Lipinski definition) is 1. The number of aliphatic imine (C=N–C) groups is 1. The van der Waals surface area contributed by atoms with E-state index in [2.05, 4.69) is 25.3 Å². The SMILES string of the molecule is Cc1ccc2cc(C(C)Nc3nc(N=CC(C)C)nc(C(F)(F)F)n3)oc2c1. The number of nitrogens with one attached hydrogen (secondary N) is 1. The van der Waals surface area contributed by atoms with Crippen LogP contribution in [0.25, 0.3) is 11.0 Å². The summed E-state index contributed by atoms with van der Waals surface area (Å²) in [4.78, 5) is 14.8. The highest BCUT2D eigenvalue weighted by molar-refractivity contribution is 5.78. The van der Waals surface area contributed by atoms with Crippen LogP contribution in [0.3, 0.4) is 0 Å². The second kappa shape index (κ2) is 7.57. The minimum atomic E-state index is -4.71. The molecule has 9 heteroatoms. The number of rotatable bonds is 5. The van der Waals surface area contributed by atoms with Crippen molar-refractivity contribution in [3.05, 3.63) is 41.4 Å². The molecule has 3 rings (SSSR count). The number of aryl methyl sites for hydroxylation is 1. The number of furan rings is 1. The maximum Gasteiger partial charge on any atom is 0.451 e. The van der Waals surface area contributed by atoms with Crippen LogP contribution in [-0.2, 0) is 6.18 Å². The fraction of sp³-hybridized carbons (Fsp3) is 0.368. The molecule has 1 atom stereocenters. The lowest BCUT2D eigenvalue weighted by molar-refractivity contribution is -0.144. The molecule has 148 valence electrons. The van der Waals surface area contributed by atoms with Crippen molar-refractivity contribution in [2.24, 2.45) is 10.9 Å². The molecule has 1 N–H and O–H groups in total. The first-order chi connectivity index (χ1) is 13.1. The lowest BCUT2D eigenvalue weighted by atomic mass is 10.2. The summed E-state index contributed by atoms with van der Waals surface area (Å²) in [7, 11) is 0. The number of halogens is 3. The predicted octanol–water partition coefficient (Wildman–Crippen LogP) is 5.48. The van der Waals surface area contributed by atoms with Crippen LogP contribution in [0.5, 0.6) is 0 Å². The van der Waals surface area contributed by atoms with Gasteiger partial charge in [0.2, 0.25) is 11.8 Å². The fourth-order valence-electron chi connectivity index (χ4n) is 2.47. The van der Waals surface area contributed by atoms with Gasteiger partial charge in [-0.05, 0) is 37.5 Å². The van der Waals surface area contributed by atoms with Crippen molar-refractivity contribution in [2.75, 3.05) is 5.32 Å². The summed E-state index contributed by atoms with van der Waals surface area (Å²) in [5.41, 5.74) is 1.76. The Labute approximate surface area is 159 Å². The molecule has 28 heavy (non-hydrogen) atoms. The van der Waals surface area contributed by atoms with Gasteiger partial charge in [-0.3, -0.25) is 0 Å². The Kier molecular flexibility index (Phi) is 5.35.